The van der Waals surface area contributed by atoms with Crippen molar-refractivity contribution in [3.8, 4) is 0 Å². The maximum absolute atomic E-state index is 12.9. The fraction of sp³-hybridized carbons (Fsp3) is 0.861. The third-order valence-corrected chi connectivity index (χ3v) is 11.5. The fourth-order valence-corrected chi connectivity index (χ4v) is 8.04. The lowest BCUT2D eigenvalue weighted by Gasteiger charge is -2.51. The molecule has 4 rings (SSSR count). The molecular weight excluding hydrogens is 922 g/mol. The second-order valence-corrected chi connectivity index (χ2v) is 16.3. The number of ether oxygens (including phenoxy) is 7. The molecule has 0 bridgehead atoms. The SMILES string of the molecule is CC(=O)N[C@@H]1[C@@H](O[C@@H]2O[C@H](CO)[C@H](O)[C@H](O[C@]3(C(=O)O)C[C@H](O)[C@@H](NC(=O)CO)[C@H]([C@H](O)[C@H](O)CO)O3)[C@H]2O)[C@H](O)[C@@H](CO[C@]2(C(=O)O)C[C@H](O)[C@@H](NC(C)=O)[C@H]([C@H](O)[C@H](O)CO)O2)O[C@H]1O. The van der Waals surface area contributed by atoms with Gasteiger partial charge in [-0.1, -0.05) is 0 Å². The minimum atomic E-state index is -3.26. The van der Waals surface area contributed by atoms with Gasteiger partial charge in [0.05, 0.1) is 50.7 Å². The predicted molar refractivity (Wildman–Crippen MR) is 204 cm³/mol. The number of hydrogen-bond acceptors (Lipinski definition) is 26. The van der Waals surface area contributed by atoms with Crippen LogP contribution in [0.5, 0.6) is 0 Å². The van der Waals surface area contributed by atoms with Crippen LogP contribution in [-0.4, -0.2) is 278 Å². The van der Waals surface area contributed by atoms with E-state index in [-0.39, 0.29) is 0 Å². The Labute approximate surface area is 377 Å². The normalized spacial score (nSPS) is 41.0. The molecule has 0 aromatic rings. The lowest BCUT2D eigenvalue weighted by molar-refractivity contribution is -0.382. The van der Waals surface area contributed by atoms with Gasteiger partial charge in [0.15, 0.2) is 12.6 Å². The first-order valence-corrected chi connectivity index (χ1v) is 20.5. The van der Waals surface area contributed by atoms with Crippen molar-refractivity contribution in [3.05, 3.63) is 0 Å². The number of rotatable bonds is 20. The first-order chi connectivity index (χ1) is 31.3. The van der Waals surface area contributed by atoms with Gasteiger partial charge >= 0.3 is 11.9 Å². The Morgan fingerprint density at radius 2 is 1.12 bits per heavy atom. The zero-order valence-electron chi connectivity index (χ0n) is 35.6. The number of aliphatic hydroxyl groups excluding tert-OH is 14. The van der Waals surface area contributed by atoms with E-state index in [0.717, 1.165) is 13.8 Å². The van der Waals surface area contributed by atoms with Gasteiger partial charge in [0.25, 0.3) is 11.6 Å². The average molecular weight is 982 g/mol. The molecule has 3 amide bonds. The maximum Gasteiger partial charge on any atom is 0.364 e. The van der Waals surface area contributed by atoms with Crippen molar-refractivity contribution in [3.63, 3.8) is 0 Å². The smallest absolute Gasteiger partial charge is 0.364 e. The summed E-state index contributed by atoms with van der Waals surface area (Å²) in [5.41, 5.74) is 0. The second kappa shape index (κ2) is 23.4. The molecule has 0 aromatic heterocycles. The topological polar surface area (TPSA) is 510 Å². The molecule has 22 atom stereocenters. The molecule has 0 unspecified atom stereocenters. The third-order valence-electron chi connectivity index (χ3n) is 11.5. The molecule has 0 aliphatic carbocycles. The van der Waals surface area contributed by atoms with E-state index < -0.39 is 209 Å². The molecule has 4 aliphatic rings. The summed E-state index contributed by atoms with van der Waals surface area (Å²) in [5.74, 6) is -13.2. The van der Waals surface area contributed by atoms with Crippen LogP contribution in [0.2, 0.25) is 0 Å². The molecule has 4 saturated heterocycles. The first kappa shape index (κ1) is 56.1. The monoisotopic (exact) mass is 981 g/mol. The summed E-state index contributed by atoms with van der Waals surface area (Å²) >= 11 is 0. The summed E-state index contributed by atoms with van der Waals surface area (Å²) in [4.78, 5) is 61.9. The molecule has 31 heteroatoms. The highest BCUT2D eigenvalue weighted by Crippen LogP contribution is 2.39. The van der Waals surface area contributed by atoms with Crippen LogP contribution in [0.25, 0.3) is 0 Å². The van der Waals surface area contributed by atoms with Crippen molar-refractivity contribution in [2.24, 2.45) is 0 Å². The molecular formula is C36H59N3O28. The van der Waals surface area contributed by atoms with Crippen LogP contribution < -0.4 is 16.0 Å². The maximum atomic E-state index is 12.9. The summed E-state index contributed by atoms with van der Waals surface area (Å²) in [7, 11) is 0. The van der Waals surface area contributed by atoms with Crippen LogP contribution in [0.3, 0.4) is 0 Å². The van der Waals surface area contributed by atoms with Crippen molar-refractivity contribution in [2.45, 2.75) is 161 Å². The highest BCUT2D eigenvalue weighted by atomic mass is 16.8. The molecule has 386 valence electrons. The highest BCUT2D eigenvalue weighted by molar-refractivity contribution is 5.78. The van der Waals surface area contributed by atoms with E-state index in [1.54, 1.807) is 0 Å². The van der Waals surface area contributed by atoms with Gasteiger partial charge in [-0.25, -0.2) is 9.59 Å². The molecule has 0 spiro atoms. The summed E-state index contributed by atoms with van der Waals surface area (Å²) in [6.07, 6.45) is -38.7. The summed E-state index contributed by atoms with van der Waals surface area (Å²) < 4.78 is 39.0. The third kappa shape index (κ3) is 12.5. The molecule has 0 radical (unpaired) electrons. The summed E-state index contributed by atoms with van der Waals surface area (Å²) in [6, 6.07) is -5.25. The van der Waals surface area contributed by atoms with Crippen LogP contribution in [-0.2, 0) is 57.1 Å². The number of carbonyl (C=O) groups is 5. The number of aliphatic carboxylic acids is 2. The van der Waals surface area contributed by atoms with Crippen LogP contribution >= 0.6 is 0 Å². The number of carboxylic acids is 2. The Morgan fingerprint density at radius 3 is 1.60 bits per heavy atom. The zero-order valence-corrected chi connectivity index (χ0v) is 35.6. The Kier molecular flexibility index (Phi) is 19.6. The van der Waals surface area contributed by atoms with Gasteiger partial charge < -0.3 is 131 Å². The van der Waals surface area contributed by atoms with Crippen LogP contribution in [0.15, 0.2) is 0 Å². The van der Waals surface area contributed by atoms with E-state index in [9.17, 15) is 106 Å². The van der Waals surface area contributed by atoms with Crippen molar-refractivity contribution < 1.29 is 139 Å². The van der Waals surface area contributed by atoms with Crippen LogP contribution in [0.1, 0.15) is 26.7 Å². The zero-order chi connectivity index (χ0) is 50.5. The van der Waals surface area contributed by atoms with Gasteiger partial charge in [-0.05, 0) is 0 Å². The van der Waals surface area contributed by atoms with Gasteiger partial charge in [0.2, 0.25) is 17.7 Å². The van der Waals surface area contributed by atoms with E-state index in [1.807, 2.05) is 0 Å². The minimum Gasteiger partial charge on any atom is -0.477 e. The van der Waals surface area contributed by atoms with Gasteiger partial charge in [0, 0.05) is 26.7 Å². The molecule has 4 fully saturated rings. The second-order valence-electron chi connectivity index (χ2n) is 16.3. The van der Waals surface area contributed by atoms with Crippen molar-refractivity contribution in [1.82, 2.24) is 16.0 Å². The molecule has 19 N–H and O–H groups in total. The summed E-state index contributed by atoms with van der Waals surface area (Å²) in [6.45, 7) is -3.80. The number of aliphatic hydroxyl groups is 14. The molecule has 4 aliphatic heterocycles. The van der Waals surface area contributed by atoms with E-state index in [0.29, 0.717) is 0 Å². The molecule has 31 nitrogen and oxygen atoms in total. The number of hydrogen-bond donors (Lipinski definition) is 19. The van der Waals surface area contributed by atoms with Crippen LogP contribution in [0, 0.1) is 0 Å². The summed E-state index contributed by atoms with van der Waals surface area (Å²) in [5, 5.41) is 175. The minimum absolute atomic E-state index is 0.796. The number of carbonyl (C=O) groups excluding carboxylic acids is 3. The quantitative estimate of drug-likeness (QED) is 0.0538. The first-order valence-electron chi connectivity index (χ1n) is 20.5. The Balaban J connectivity index is 1.67. The van der Waals surface area contributed by atoms with Crippen molar-refractivity contribution in [1.29, 1.82) is 0 Å². The van der Waals surface area contributed by atoms with E-state index in [2.05, 4.69) is 16.0 Å². The van der Waals surface area contributed by atoms with Gasteiger partial charge in [-0.15, -0.1) is 0 Å². The number of nitrogens with one attached hydrogen (secondary N) is 3. The molecule has 67 heavy (non-hydrogen) atoms. The largest absolute Gasteiger partial charge is 0.477 e. The lowest BCUT2D eigenvalue weighted by atomic mass is 9.88. The van der Waals surface area contributed by atoms with E-state index in [1.165, 1.54) is 0 Å². The van der Waals surface area contributed by atoms with Crippen molar-refractivity contribution >= 4 is 29.7 Å². The van der Waals surface area contributed by atoms with Gasteiger partial charge in [-0.2, -0.15) is 0 Å². The number of amides is 3. The Bertz CT molecular complexity index is 1700. The van der Waals surface area contributed by atoms with E-state index in [4.69, 9.17) is 33.2 Å². The lowest BCUT2D eigenvalue weighted by Crippen LogP contribution is -2.71. The highest BCUT2D eigenvalue weighted by Gasteiger charge is 2.61. The molecule has 4 heterocycles. The Hall–Kier alpha value is -3.49. The van der Waals surface area contributed by atoms with Gasteiger partial charge in [0.1, 0.15) is 92.0 Å². The predicted octanol–water partition coefficient (Wildman–Crippen LogP) is -11.9. The Morgan fingerprint density at radius 1 is 0.642 bits per heavy atom. The number of carboxylic acid groups (broad SMARTS) is 2. The van der Waals surface area contributed by atoms with Gasteiger partial charge in [-0.3, -0.25) is 14.4 Å². The average Bonchev–Trinajstić information content (AvgIpc) is 3.27. The molecule has 0 aromatic carbocycles. The molecule has 0 saturated carbocycles. The van der Waals surface area contributed by atoms with E-state index >= 15 is 0 Å². The fourth-order valence-electron chi connectivity index (χ4n) is 8.04. The van der Waals surface area contributed by atoms with Crippen molar-refractivity contribution in [2.75, 3.05) is 33.0 Å². The van der Waals surface area contributed by atoms with Crippen LogP contribution in [0.4, 0.5) is 0 Å². The standard InChI is InChI=1S/C36H59N3O28/c1-10(44)37-19-12(46)3-35(33(57)58,65-28(19)22(51)14(48)5-40)61-9-17-25(54)27(21(31(56)62-17)38-11(2)45)64-32-26(55)30(24(53)16(7-42)63-32)67-36(34(59)60)4-13(47)20(39-18(50)8-43)29(66-36)23(52)15(49)6-41/h12-17,19-32,40-43,46-49,51-56H,3-9H2,1-2H3,(H,37,44)(H,38,45)(H,39,50)(H,57,58)(H,59,60)/t12-,13-,14+,15+,16+,17+,19+,20+,21+,22+,23+,24-,25+,26+,27+,28+,29+,30-,31+,32-,35+,36-/m0/s1.